The summed E-state index contributed by atoms with van der Waals surface area (Å²) in [5.41, 5.74) is 1.72. The van der Waals surface area contributed by atoms with Gasteiger partial charge in [0.05, 0.1) is 12.7 Å². The van der Waals surface area contributed by atoms with E-state index >= 15 is 0 Å². The molecule has 136 valence electrons. The number of aryl methyl sites for hydroxylation is 2. The number of ether oxygens (including phenoxy) is 2. The molecule has 3 nitrogen and oxygen atoms in total. The van der Waals surface area contributed by atoms with Gasteiger partial charge in [-0.1, -0.05) is 30.3 Å². The van der Waals surface area contributed by atoms with E-state index in [0.29, 0.717) is 25.9 Å². The molecule has 2 rings (SSSR count). The van der Waals surface area contributed by atoms with Gasteiger partial charge in [0, 0.05) is 6.42 Å². The normalized spacial score (nSPS) is 12.7. The van der Waals surface area contributed by atoms with Crippen LogP contribution in [-0.4, -0.2) is 24.2 Å². The van der Waals surface area contributed by atoms with E-state index in [-0.39, 0.29) is 5.75 Å². The monoisotopic (exact) mass is 354 g/mol. The van der Waals surface area contributed by atoms with Crippen LogP contribution < -0.4 is 9.47 Å². The zero-order valence-electron chi connectivity index (χ0n) is 13.9. The third-order valence-corrected chi connectivity index (χ3v) is 3.58. The van der Waals surface area contributed by atoms with Crippen molar-refractivity contribution >= 4 is 0 Å². The zero-order chi connectivity index (χ0) is 18.3. The predicted molar refractivity (Wildman–Crippen MR) is 88.8 cm³/mol. The molecule has 0 aliphatic heterocycles. The number of benzene rings is 2. The van der Waals surface area contributed by atoms with Gasteiger partial charge in [0.25, 0.3) is 0 Å². The Hall–Kier alpha value is -2.21. The standard InChI is InChI=1S/C19H21F3O3/c1-14(23)11-12-24-18-8-3-2-6-16(18)10-9-15-5-4-7-17(13-15)25-19(20,21)22/h2-8,13-14,23H,9-12H2,1H3. The molecule has 0 fully saturated rings. The van der Waals surface area contributed by atoms with Gasteiger partial charge in [-0.3, -0.25) is 0 Å². The largest absolute Gasteiger partial charge is 0.573 e. The Kier molecular flexibility index (Phi) is 6.70. The van der Waals surface area contributed by atoms with Crippen molar-refractivity contribution in [2.24, 2.45) is 0 Å². The average Bonchev–Trinajstić information content (AvgIpc) is 2.52. The molecule has 0 spiro atoms. The maximum absolute atomic E-state index is 12.3. The molecule has 0 aliphatic rings. The summed E-state index contributed by atoms with van der Waals surface area (Å²) in [6.45, 7) is 2.11. The minimum atomic E-state index is -4.69. The number of aliphatic hydroxyl groups is 1. The smallest absolute Gasteiger partial charge is 0.493 e. The molecule has 0 saturated carbocycles. The lowest BCUT2D eigenvalue weighted by Gasteiger charge is -2.13. The van der Waals surface area contributed by atoms with Gasteiger partial charge < -0.3 is 14.6 Å². The number of para-hydroxylation sites is 1. The summed E-state index contributed by atoms with van der Waals surface area (Å²) in [5.74, 6) is 0.511. The summed E-state index contributed by atoms with van der Waals surface area (Å²) in [4.78, 5) is 0. The molecule has 2 aromatic rings. The van der Waals surface area contributed by atoms with Gasteiger partial charge in [0.1, 0.15) is 11.5 Å². The number of hydrogen-bond donors (Lipinski definition) is 1. The van der Waals surface area contributed by atoms with Crippen molar-refractivity contribution < 1.29 is 27.8 Å². The molecule has 0 bridgehead atoms. The van der Waals surface area contributed by atoms with E-state index in [9.17, 15) is 18.3 Å². The number of aliphatic hydroxyl groups excluding tert-OH is 1. The van der Waals surface area contributed by atoms with Crippen molar-refractivity contribution in [3.8, 4) is 11.5 Å². The molecule has 1 unspecified atom stereocenters. The first kappa shape index (κ1) is 19.1. The van der Waals surface area contributed by atoms with E-state index in [1.54, 1.807) is 19.1 Å². The third-order valence-electron chi connectivity index (χ3n) is 3.58. The molecule has 0 aliphatic carbocycles. The summed E-state index contributed by atoms with van der Waals surface area (Å²) in [5, 5.41) is 9.29. The molecule has 2 aromatic carbocycles. The highest BCUT2D eigenvalue weighted by atomic mass is 19.4. The molecule has 0 heterocycles. The second-order valence-corrected chi connectivity index (χ2v) is 5.79. The Labute approximate surface area is 145 Å². The number of alkyl halides is 3. The maximum atomic E-state index is 12.3. The third kappa shape index (κ3) is 7.05. The summed E-state index contributed by atoms with van der Waals surface area (Å²) >= 11 is 0. The molecule has 0 amide bonds. The van der Waals surface area contributed by atoms with Gasteiger partial charge in [0.15, 0.2) is 0 Å². The van der Waals surface area contributed by atoms with Crippen molar-refractivity contribution in [2.75, 3.05) is 6.61 Å². The fourth-order valence-corrected chi connectivity index (χ4v) is 2.37. The Morgan fingerprint density at radius 3 is 2.52 bits per heavy atom. The van der Waals surface area contributed by atoms with E-state index in [2.05, 4.69) is 4.74 Å². The van der Waals surface area contributed by atoms with Crippen LogP contribution in [0.1, 0.15) is 24.5 Å². The second-order valence-electron chi connectivity index (χ2n) is 5.79. The average molecular weight is 354 g/mol. The number of hydrogen-bond acceptors (Lipinski definition) is 3. The molecule has 0 saturated heterocycles. The van der Waals surface area contributed by atoms with Crippen LogP contribution in [0.5, 0.6) is 11.5 Å². The van der Waals surface area contributed by atoms with Crippen LogP contribution in [0.25, 0.3) is 0 Å². The molecule has 1 atom stereocenters. The van der Waals surface area contributed by atoms with Crippen molar-refractivity contribution in [2.45, 2.75) is 38.7 Å². The Morgan fingerprint density at radius 2 is 1.80 bits per heavy atom. The molecule has 0 radical (unpaired) electrons. The first-order chi connectivity index (χ1) is 11.8. The Morgan fingerprint density at radius 1 is 1.04 bits per heavy atom. The predicted octanol–water partition coefficient (Wildman–Crippen LogP) is 4.52. The lowest BCUT2D eigenvalue weighted by atomic mass is 10.0. The summed E-state index contributed by atoms with van der Waals surface area (Å²) < 4.78 is 46.5. The van der Waals surface area contributed by atoms with Crippen LogP contribution in [0.3, 0.4) is 0 Å². The molecular weight excluding hydrogens is 333 g/mol. The fraction of sp³-hybridized carbons (Fsp3) is 0.368. The molecule has 6 heteroatoms. The van der Waals surface area contributed by atoms with Gasteiger partial charge in [0.2, 0.25) is 0 Å². The van der Waals surface area contributed by atoms with Crippen LogP contribution in [0.2, 0.25) is 0 Å². The van der Waals surface area contributed by atoms with E-state index in [0.717, 1.165) is 16.9 Å². The number of rotatable bonds is 8. The van der Waals surface area contributed by atoms with E-state index < -0.39 is 12.5 Å². The topological polar surface area (TPSA) is 38.7 Å². The molecule has 0 aromatic heterocycles. The quantitative estimate of drug-likeness (QED) is 0.757. The first-order valence-corrected chi connectivity index (χ1v) is 8.07. The van der Waals surface area contributed by atoms with Crippen LogP contribution in [0, 0.1) is 0 Å². The van der Waals surface area contributed by atoms with Crippen LogP contribution in [0.4, 0.5) is 13.2 Å². The van der Waals surface area contributed by atoms with E-state index in [4.69, 9.17) is 4.74 Å². The molecule has 25 heavy (non-hydrogen) atoms. The van der Waals surface area contributed by atoms with Crippen molar-refractivity contribution in [3.63, 3.8) is 0 Å². The van der Waals surface area contributed by atoms with E-state index in [1.165, 1.54) is 12.1 Å². The Bertz CT molecular complexity index is 669. The van der Waals surface area contributed by atoms with Crippen LogP contribution in [-0.2, 0) is 12.8 Å². The lowest BCUT2D eigenvalue weighted by molar-refractivity contribution is -0.274. The lowest BCUT2D eigenvalue weighted by Crippen LogP contribution is -2.17. The Balaban J connectivity index is 1.98. The minimum absolute atomic E-state index is 0.216. The summed E-state index contributed by atoms with van der Waals surface area (Å²) in [6, 6.07) is 13.5. The van der Waals surface area contributed by atoms with Crippen LogP contribution in [0.15, 0.2) is 48.5 Å². The zero-order valence-corrected chi connectivity index (χ0v) is 13.9. The number of halogens is 3. The highest BCUT2D eigenvalue weighted by Crippen LogP contribution is 2.25. The summed E-state index contributed by atoms with van der Waals surface area (Å²) in [7, 11) is 0. The van der Waals surface area contributed by atoms with Gasteiger partial charge >= 0.3 is 6.36 Å². The van der Waals surface area contributed by atoms with Gasteiger partial charge in [-0.05, 0) is 49.1 Å². The second kappa shape index (κ2) is 8.76. The highest BCUT2D eigenvalue weighted by Gasteiger charge is 2.31. The van der Waals surface area contributed by atoms with E-state index in [1.807, 2.05) is 24.3 Å². The fourth-order valence-electron chi connectivity index (χ4n) is 2.37. The summed E-state index contributed by atoms with van der Waals surface area (Å²) in [6.07, 6.45) is -3.40. The van der Waals surface area contributed by atoms with Gasteiger partial charge in [-0.25, -0.2) is 0 Å². The van der Waals surface area contributed by atoms with Crippen molar-refractivity contribution in [3.05, 3.63) is 59.7 Å². The molecular formula is C19H21F3O3. The first-order valence-electron chi connectivity index (χ1n) is 8.07. The minimum Gasteiger partial charge on any atom is -0.493 e. The van der Waals surface area contributed by atoms with Gasteiger partial charge in [-0.15, -0.1) is 13.2 Å². The van der Waals surface area contributed by atoms with Crippen LogP contribution >= 0.6 is 0 Å². The highest BCUT2D eigenvalue weighted by molar-refractivity contribution is 5.35. The SMILES string of the molecule is CC(O)CCOc1ccccc1CCc1cccc(OC(F)(F)F)c1. The maximum Gasteiger partial charge on any atom is 0.573 e. The van der Waals surface area contributed by atoms with Crippen molar-refractivity contribution in [1.29, 1.82) is 0 Å². The van der Waals surface area contributed by atoms with Gasteiger partial charge in [-0.2, -0.15) is 0 Å². The molecule has 1 N–H and O–H groups in total. The van der Waals surface area contributed by atoms with Crippen molar-refractivity contribution in [1.82, 2.24) is 0 Å².